The number of hydrogen-bond donors (Lipinski definition) is 0. The standard InChI is InChI=1S/C37H46GeO3/c1-25-16-26(35(2,3)4)18-30(17-25)39-31-19-27(36(5,6)7)20-32(23-31)40-33-21-28(37(8,9)10)22-34(24-33)41-38-29-14-12-11-13-15-29/h11-24H,38H2,1-10H3. The van der Waals surface area contributed by atoms with Crippen LogP contribution < -0.4 is 17.6 Å². The summed E-state index contributed by atoms with van der Waals surface area (Å²) in [7, 11) is 0. The van der Waals surface area contributed by atoms with E-state index in [2.05, 4.69) is 136 Å². The smallest absolute Gasteiger partial charge is 0.0561 e. The van der Waals surface area contributed by atoms with Crippen molar-refractivity contribution in [1.82, 2.24) is 0 Å². The first-order chi connectivity index (χ1) is 19.1. The van der Waals surface area contributed by atoms with Gasteiger partial charge in [0.05, 0.1) is 0 Å². The first-order valence-corrected chi connectivity index (χ1v) is 17.2. The van der Waals surface area contributed by atoms with Crippen molar-refractivity contribution >= 4 is 20.2 Å². The summed E-state index contributed by atoms with van der Waals surface area (Å²) in [4.78, 5) is 0. The maximum absolute atomic E-state index is 6.58. The molecule has 0 saturated heterocycles. The van der Waals surface area contributed by atoms with Crippen molar-refractivity contribution in [2.45, 2.75) is 85.5 Å². The van der Waals surface area contributed by atoms with Gasteiger partial charge in [0, 0.05) is 0 Å². The fourth-order valence-electron chi connectivity index (χ4n) is 4.52. The molecule has 4 aromatic carbocycles. The fourth-order valence-corrected chi connectivity index (χ4v) is 6.55. The number of rotatable bonds is 7. The zero-order chi connectivity index (χ0) is 30.0. The maximum atomic E-state index is 6.58. The van der Waals surface area contributed by atoms with Crippen LogP contribution in [0.4, 0.5) is 0 Å². The average Bonchev–Trinajstić information content (AvgIpc) is 2.86. The molecule has 0 unspecified atom stereocenters. The Labute approximate surface area is 254 Å². The molecule has 0 aliphatic rings. The molecule has 0 radical (unpaired) electrons. The summed E-state index contributed by atoms with van der Waals surface area (Å²) in [5, 5.41) is 0. The summed E-state index contributed by atoms with van der Waals surface area (Å²) in [6, 6.07) is 29.5. The topological polar surface area (TPSA) is 27.7 Å². The van der Waals surface area contributed by atoms with Crippen LogP contribution in [0.5, 0.6) is 28.7 Å². The molecule has 0 atom stereocenters. The molecule has 0 heterocycles. The molecule has 0 aliphatic heterocycles. The molecule has 3 nitrogen and oxygen atoms in total. The van der Waals surface area contributed by atoms with Gasteiger partial charge in [0.25, 0.3) is 0 Å². The van der Waals surface area contributed by atoms with Crippen LogP contribution in [0.2, 0.25) is 0 Å². The van der Waals surface area contributed by atoms with Gasteiger partial charge in [-0.2, -0.15) is 0 Å². The minimum atomic E-state index is -1.41. The van der Waals surface area contributed by atoms with Crippen molar-refractivity contribution in [2.24, 2.45) is 0 Å². The number of benzene rings is 4. The average molecular weight is 611 g/mol. The van der Waals surface area contributed by atoms with Gasteiger partial charge in [-0.25, -0.2) is 0 Å². The zero-order valence-electron chi connectivity index (χ0n) is 26.5. The van der Waals surface area contributed by atoms with Gasteiger partial charge in [-0.3, -0.25) is 0 Å². The summed E-state index contributed by atoms with van der Waals surface area (Å²) < 4.78 is 20.8. The van der Waals surface area contributed by atoms with E-state index in [1.807, 2.05) is 18.2 Å². The Kier molecular flexibility index (Phi) is 8.99. The summed E-state index contributed by atoms with van der Waals surface area (Å²) in [6.07, 6.45) is 0. The van der Waals surface area contributed by atoms with Crippen molar-refractivity contribution in [3.05, 3.63) is 107 Å². The Morgan fingerprint density at radius 1 is 0.463 bits per heavy atom. The monoisotopic (exact) mass is 612 g/mol. The van der Waals surface area contributed by atoms with Crippen molar-refractivity contribution in [3.8, 4) is 28.7 Å². The van der Waals surface area contributed by atoms with Crippen LogP contribution in [-0.4, -0.2) is 15.8 Å². The van der Waals surface area contributed by atoms with Gasteiger partial charge >= 0.3 is 216 Å². The first kappa shape index (κ1) is 30.8. The second-order valence-corrected chi connectivity index (χ2v) is 17.1. The predicted molar refractivity (Wildman–Crippen MR) is 176 cm³/mol. The van der Waals surface area contributed by atoms with Crippen LogP contribution in [-0.2, 0) is 16.2 Å². The minimum Gasteiger partial charge on any atom is -0.0561 e. The van der Waals surface area contributed by atoms with E-state index in [9.17, 15) is 0 Å². The van der Waals surface area contributed by atoms with Crippen LogP contribution in [0.25, 0.3) is 0 Å². The Morgan fingerprint density at radius 2 is 0.854 bits per heavy atom. The number of ether oxygens (including phenoxy) is 2. The van der Waals surface area contributed by atoms with Gasteiger partial charge in [0.1, 0.15) is 0 Å². The van der Waals surface area contributed by atoms with Gasteiger partial charge in [-0.15, -0.1) is 0 Å². The molecular weight excluding hydrogens is 565 g/mol. The molecule has 0 N–H and O–H groups in total. The van der Waals surface area contributed by atoms with E-state index in [4.69, 9.17) is 13.2 Å². The Morgan fingerprint density at radius 3 is 1.32 bits per heavy atom. The van der Waals surface area contributed by atoms with Crippen molar-refractivity contribution in [2.75, 3.05) is 0 Å². The second kappa shape index (κ2) is 12.0. The van der Waals surface area contributed by atoms with E-state index in [1.54, 1.807) is 0 Å². The van der Waals surface area contributed by atoms with E-state index >= 15 is 0 Å². The third-order valence-electron chi connectivity index (χ3n) is 7.13. The SMILES string of the molecule is Cc1cc(Oc2cc(Oc3cc([O][GeH2][c]4ccccc4)cc(C(C)(C)C)c3)cc(C(C)(C)C)c2)cc(C(C)(C)C)c1. The number of hydrogen-bond acceptors (Lipinski definition) is 3. The third-order valence-corrected chi connectivity index (χ3v) is 9.82. The molecule has 0 amide bonds. The predicted octanol–water partition coefficient (Wildman–Crippen LogP) is 9.26. The second-order valence-electron chi connectivity index (χ2n) is 14.1. The van der Waals surface area contributed by atoms with Crippen molar-refractivity contribution in [3.63, 3.8) is 0 Å². The summed E-state index contributed by atoms with van der Waals surface area (Å²) >= 11 is -1.41. The van der Waals surface area contributed by atoms with E-state index in [1.165, 1.54) is 21.1 Å². The number of aryl methyl sites for hydroxylation is 1. The molecule has 0 aromatic heterocycles. The van der Waals surface area contributed by atoms with Crippen molar-refractivity contribution in [1.29, 1.82) is 0 Å². The Bertz CT molecular complexity index is 1490. The summed E-state index contributed by atoms with van der Waals surface area (Å²) in [5.41, 5.74) is 4.67. The normalized spacial score (nSPS) is 12.5. The summed E-state index contributed by atoms with van der Waals surface area (Å²) in [6.45, 7) is 22.1. The molecule has 4 heteroatoms. The van der Waals surface area contributed by atoms with Gasteiger partial charge in [0.15, 0.2) is 0 Å². The molecule has 0 spiro atoms. The molecule has 0 aliphatic carbocycles. The van der Waals surface area contributed by atoms with Crippen LogP contribution >= 0.6 is 0 Å². The summed E-state index contributed by atoms with van der Waals surface area (Å²) in [5.74, 6) is 3.99. The molecule has 41 heavy (non-hydrogen) atoms. The van der Waals surface area contributed by atoms with Crippen LogP contribution in [0, 0.1) is 6.92 Å². The zero-order valence-corrected chi connectivity index (χ0v) is 29.5. The van der Waals surface area contributed by atoms with Crippen LogP contribution in [0.1, 0.15) is 84.6 Å². The molecule has 0 bridgehead atoms. The van der Waals surface area contributed by atoms with E-state index in [-0.39, 0.29) is 16.2 Å². The molecule has 0 fully saturated rings. The first-order valence-electron chi connectivity index (χ1n) is 14.5. The van der Waals surface area contributed by atoms with Gasteiger partial charge in [-0.1, -0.05) is 26.8 Å². The Hall–Kier alpha value is -3.18. The van der Waals surface area contributed by atoms with E-state index < -0.39 is 15.8 Å². The molecular formula is C37H46GeO3. The molecule has 0 saturated carbocycles. The molecule has 4 rings (SSSR count). The van der Waals surface area contributed by atoms with Crippen LogP contribution in [0.15, 0.2) is 84.9 Å². The molecule has 4 aromatic rings. The Balaban J connectivity index is 1.69. The quantitative estimate of drug-likeness (QED) is 0.195. The van der Waals surface area contributed by atoms with Crippen LogP contribution in [0.3, 0.4) is 0 Å². The van der Waals surface area contributed by atoms with Gasteiger partial charge in [0.2, 0.25) is 0 Å². The van der Waals surface area contributed by atoms with E-state index in [0.717, 1.165) is 34.3 Å². The van der Waals surface area contributed by atoms with Crippen molar-refractivity contribution < 1.29 is 13.2 Å². The van der Waals surface area contributed by atoms with Gasteiger partial charge < -0.3 is 0 Å². The minimum absolute atomic E-state index is 0.0356. The molecule has 216 valence electrons. The van der Waals surface area contributed by atoms with E-state index in [0.29, 0.717) is 0 Å². The fraction of sp³-hybridized carbons (Fsp3) is 0.351. The third kappa shape index (κ3) is 8.66. The van der Waals surface area contributed by atoms with Gasteiger partial charge in [-0.05, 0) is 12.3 Å².